The number of benzene rings is 2. The van der Waals surface area contributed by atoms with Gasteiger partial charge in [-0.05, 0) is 93.1 Å². The number of fused-ring (bicyclic) bond motifs is 3. The number of terminal acetylenes is 1. The second kappa shape index (κ2) is 17.8. The lowest BCUT2D eigenvalue weighted by molar-refractivity contribution is -0.153. The third-order valence-corrected chi connectivity index (χ3v) is 15.1. The van der Waals surface area contributed by atoms with Crippen molar-refractivity contribution in [2.45, 2.75) is 109 Å². The SMILES string of the molecule is C#Cc1ccc(CNC(=O)[C@@H]2C[C@@H](O)CN2C(=O)[C@@H](OC(=O)N2CC3(CC(N4CCC(c5cnc(N6CCc7[nH]c8nnc(-c9ccccc9O)cc8c7[C@H]6C)nc5)CC4)C3)C2)C(C)(C)C)cc1. The number of carbonyl (C=O) groups excluding carboxylic acids is 3. The number of aromatic nitrogens is 5. The molecular weight excluding hydrogens is 861 g/mol. The molecule has 4 fully saturated rings. The van der Waals surface area contributed by atoms with Crippen molar-refractivity contribution in [2.24, 2.45) is 10.8 Å². The normalized spacial score (nSPS) is 22.3. The molecule has 3 saturated heterocycles. The van der Waals surface area contributed by atoms with Crippen LogP contribution in [-0.2, 0) is 27.3 Å². The summed E-state index contributed by atoms with van der Waals surface area (Å²) in [6.07, 6.45) is 12.0. The Kier molecular flexibility index (Phi) is 11.9. The molecule has 4 N–H and O–H groups in total. The van der Waals surface area contributed by atoms with E-state index >= 15 is 0 Å². The number of aromatic hydroxyl groups is 1. The fraction of sp³-hybridized carbons (Fsp3) is 0.481. The van der Waals surface area contributed by atoms with E-state index in [1.807, 2.05) is 63.5 Å². The highest BCUT2D eigenvalue weighted by molar-refractivity contribution is 5.91. The number of carbonyl (C=O) groups is 3. The molecule has 0 radical (unpaired) electrons. The first kappa shape index (κ1) is 45.2. The molecule has 1 spiro atoms. The Labute approximate surface area is 396 Å². The number of phenols is 1. The largest absolute Gasteiger partial charge is 0.507 e. The number of para-hydroxylation sites is 1. The van der Waals surface area contributed by atoms with E-state index in [1.165, 1.54) is 10.5 Å². The van der Waals surface area contributed by atoms with Gasteiger partial charge in [0.25, 0.3) is 5.91 Å². The summed E-state index contributed by atoms with van der Waals surface area (Å²) >= 11 is 0. The van der Waals surface area contributed by atoms with Crippen molar-refractivity contribution in [2.75, 3.05) is 44.2 Å². The van der Waals surface area contributed by atoms with Gasteiger partial charge in [-0.3, -0.25) is 9.59 Å². The molecule has 10 rings (SSSR count). The van der Waals surface area contributed by atoms with Gasteiger partial charge in [0.1, 0.15) is 11.8 Å². The van der Waals surface area contributed by atoms with E-state index in [9.17, 15) is 24.6 Å². The van der Waals surface area contributed by atoms with Crippen LogP contribution in [0, 0.1) is 23.2 Å². The van der Waals surface area contributed by atoms with Gasteiger partial charge >= 0.3 is 6.09 Å². The Morgan fingerprint density at radius 2 is 1.74 bits per heavy atom. The summed E-state index contributed by atoms with van der Waals surface area (Å²) in [7, 11) is 0. The second-order valence-electron chi connectivity index (χ2n) is 20.8. The number of likely N-dealkylation sites (tertiary alicyclic amines) is 3. The molecular formula is C52H60N10O6. The lowest BCUT2D eigenvalue weighted by Gasteiger charge is -2.61. The quantitative estimate of drug-likeness (QED) is 0.132. The van der Waals surface area contributed by atoms with Crippen molar-refractivity contribution in [3.63, 3.8) is 0 Å². The number of phenolic OH excluding ortho intramolecular Hbond substituents is 1. The van der Waals surface area contributed by atoms with Crippen LogP contribution in [0.25, 0.3) is 22.3 Å². The van der Waals surface area contributed by atoms with Gasteiger partial charge in [-0.2, -0.15) is 0 Å². The Morgan fingerprint density at radius 1 is 1.01 bits per heavy atom. The van der Waals surface area contributed by atoms with Crippen LogP contribution in [-0.4, -0.2) is 132 Å². The first-order chi connectivity index (χ1) is 32.7. The van der Waals surface area contributed by atoms with E-state index in [-0.39, 0.29) is 42.6 Å². The molecule has 68 heavy (non-hydrogen) atoms. The van der Waals surface area contributed by atoms with Crippen LogP contribution in [0.3, 0.4) is 0 Å². The van der Waals surface area contributed by atoms with Gasteiger partial charge in [0, 0.05) is 103 Å². The summed E-state index contributed by atoms with van der Waals surface area (Å²) in [5.41, 5.74) is 6.38. The average molecular weight is 921 g/mol. The van der Waals surface area contributed by atoms with E-state index in [4.69, 9.17) is 21.1 Å². The third-order valence-electron chi connectivity index (χ3n) is 15.1. The number of rotatable bonds is 9. The van der Waals surface area contributed by atoms with Gasteiger partial charge in [-0.15, -0.1) is 16.6 Å². The minimum absolute atomic E-state index is 0.00738. The zero-order valence-electron chi connectivity index (χ0n) is 39.2. The van der Waals surface area contributed by atoms with Crippen LogP contribution in [0.15, 0.2) is 67.0 Å². The molecule has 16 heteroatoms. The number of aliphatic hydroxyl groups is 1. The molecule has 0 bridgehead atoms. The number of aliphatic hydroxyl groups excluding tert-OH is 1. The third kappa shape index (κ3) is 8.62. The Hall–Kier alpha value is -6.57. The topological polar surface area (TPSA) is 193 Å². The summed E-state index contributed by atoms with van der Waals surface area (Å²) in [4.78, 5) is 62.3. The molecule has 4 aliphatic heterocycles. The highest BCUT2D eigenvalue weighted by Gasteiger charge is 2.56. The van der Waals surface area contributed by atoms with Crippen LogP contribution in [0.4, 0.5) is 10.7 Å². The average Bonchev–Trinajstić information content (AvgIpc) is 3.90. The predicted octanol–water partition coefficient (Wildman–Crippen LogP) is 5.70. The van der Waals surface area contributed by atoms with Crippen LogP contribution in [0.2, 0.25) is 0 Å². The monoisotopic (exact) mass is 920 g/mol. The molecule has 3 amide bonds. The molecule has 4 atom stereocenters. The Morgan fingerprint density at radius 3 is 2.43 bits per heavy atom. The predicted molar refractivity (Wildman–Crippen MR) is 255 cm³/mol. The number of nitrogens with one attached hydrogen (secondary N) is 2. The maximum Gasteiger partial charge on any atom is 0.410 e. The first-order valence-electron chi connectivity index (χ1n) is 23.9. The van der Waals surface area contributed by atoms with E-state index in [1.54, 1.807) is 29.2 Å². The van der Waals surface area contributed by atoms with Gasteiger partial charge in [0.15, 0.2) is 11.8 Å². The number of hydrogen-bond donors (Lipinski definition) is 4. The zero-order valence-corrected chi connectivity index (χ0v) is 39.2. The van der Waals surface area contributed by atoms with Gasteiger partial charge in [-0.25, -0.2) is 14.8 Å². The smallest absolute Gasteiger partial charge is 0.410 e. The highest BCUT2D eigenvalue weighted by Crippen LogP contribution is 2.51. The summed E-state index contributed by atoms with van der Waals surface area (Å²) in [5, 5.41) is 33.8. The number of H-pyrrole nitrogens is 1. The fourth-order valence-corrected chi connectivity index (χ4v) is 11.3. The Bertz CT molecular complexity index is 2740. The molecule has 3 aromatic heterocycles. The number of piperidine rings is 1. The zero-order chi connectivity index (χ0) is 47.5. The molecule has 7 heterocycles. The maximum atomic E-state index is 14.1. The molecule has 2 aromatic carbocycles. The minimum atomic E-state index is -1.13. The number of hydrogen-bond acceptors (Lipinski definition) is 12. The van der Waals surface area contributed by atoms with E-state index in [0.29, 0.717) is 42.3 Å². The molecule has 5 aromatic rings. The van der Waals surface area contributed by atoms with Gasteiger partial charge in [-0.1, -0.05) is 51.0 Å². The number of aromatic amines is 1. The van der Waals surface area contributed by atoms with Crippen molar-refractivity contribution in [1.29, 1.82) is 0 Å². The highest BCUT2D eigenvalue weighted by atomic mass is 16.6. The van der Waals surface area contributed by atoms with Crippen molar-refractivity contribution in [3.8, 4) is 29.4 Å². The van der Waals surface area contributed by atoms with E-state index in [2.05, 4.69) is 43.1 Å². The van der Waals surface area contributed by atoms with Crippen molar-refractivity contribution < 1.29 is 29.3 Å². The lowest BCUT2D eigenvalue weighted by atomic mass is 9.60. The molecule has 16 nitrogen and oxygen atoms in total. The summed E-state index contributed by atoms with van der Waals surface area (Å²) < 4.78 is 5.99. The fourth-order valence-electron chi connectivity index (χ4n) is 11.3. The number of nitrogens with zero attached hydrogens (tertiary/aromatic N) is 8. The van der Waals surface area contributed by atoms with Crippen LogP contribution < -0.4 is 10.2 Å². The number of amides is 3. The maximum absolute atomic E-state index is 14.1. The summed E-state index contributed by atoms with van der Waals surface area (Å²) in [5.74, 6) is 2.98. The summed E-state index contributed by atoms with van der Waals surface area (Å²) in [6.45, 7) is 11.9. The molecule has 0 unspecified atom stereocenters. The van der Waals surface area contributed by atoms with Crippen LogP contribution in [0.1, 0.15) is 99.7 Å². The second-order valence-corrected chi connectivity index (χ2v) is 20.8. The number of β-amino-alcohol motifs (C(OH)–C–C–N with tert-alkyl or cyclic N) is 1. The van der Waals surface area contributed by atoms with Gasteiger partial charge in [0.05, 0.1) is 17.8 Å². The standard InChI is InChI=1S/C52H60N10O6/c1-6-32-11-13-33(14-12-32)25-53-47(65)42-21-37(63)28-62(42)48(66)45(51(3,4)5)68-50(67)60-29-52(30-60)23-36(24-52)59-18-15-34(16-19-59)35-26-54-49(55-27-35)61-20-17-40-44(31(61)2)39-22-41(57-58-46(39)56-40)38-9-7-8-10-43(38)64/h1,7-14,22,26-27,31,34,36-37,42,45,63-64H,15-21,23-25,28-30H2,2-5H3,(H,53,65)(H,56,58)/t31-,37-,42+,45-/m1/s1. The minimum Gasteiger partial charge on any atom is -0.507 e. The Balaban J connectivity index is 0.693. The number of anilines is 1. The lowest BCUT2D eigenvalue weighted by Crippen LogP contribution is -2.68. The van der Waals surface area contributed by atoms with Crippen molar-refractivity contribution in [3.05, 3.63) is 94.9 Å². The van der Waals surface area contributed by atoms with Crippen molar-refractivity contribution in [1.82, 2.24) is 45.2 Å². The first-order valence-corrected chi connectivity index (χ1v) is 23.9. The number of ether oxygens (including phenoxy) is 1. The van der Waals surface area contributed by atoms with Crippen LogP contribution >= 0.6 is 0 Å². The van der Waals surface area contributed by atoms with E-state index in [0.717, 1.165) is 85.2 Å². The van der Waals surface area contributed by atoms with Gasteiger partial charge in [0.2, 0.25) is 11.9 Å². The molecule has 1 aliphatic carbocycles. The van der Waals surface area contributed by atoms with E-state index < -0.39 is 35.7 Å². The van der Waals surface area contributed by atoms with Crippen molar-refractivity contribution >= 4 is 34.9 Å². The molecule has 1 saturated carbocycles. The van der Waals surface area contributed by atoms with Gasteiger partial charge < -0.3 is 44.9 Å². The van der Waals surface area contributed by atoms with Crippen LogP contribution in [0.5, 0.6) is 5.75 Å². The summed E-state index contributed by atoms with van der Waals surface area (Å²) in [6, 6.07) is 16.0. The molecule has 354 valence electrons. The molecule has 5 aliphatic rings.